The number of anilines is 1. The van der Waals surface area contributed by atoms with Gasteiger partial charge in [-0.05, 0) is 42.0 Å². The Morgan fingerprint density at radius 3 is 2.54 bits per heavy atom. The summed E-state index contributed by atoms with van der Waals surface area (Å²) in [5.41, 5.74) is 4.16. The number of benzene rings is 3. The Balaban J connectivity index is 1.61. The molecule has 6 heteroatoms. The van der Waals surface area contributed by atoms with E-state index in [1.54, 1.807) is 39.5 Å². The van der Waals surface area contributed by atoms with Crippen LogP contribution in [0.1, 0.15) is 12.5 Å². The lowest BCUT2D eigenvalue weighted by Crippen LogP contribution is -2.34. The summed E-state index contributed by atoms with van der Waals surface area (Å²) in [5, 5.41) is 9.50. The fraction of sp³-hybridized carbons (Fsp3) is 0.182. The molecule has 0 saturated heterocycles. The van der Waals surface area contributed by atoms with Gasteiger partial charge < -0.3 is 14.8 Å². The zero-order valence-corrected chi connectivity index (χ0v) is 16.1. The first-order chi connectivity index (χ1) is 13.6. The Kier molecular flexibility index (Phi) is 6.11. The van der Waals surface area contributed by atoms with Gasteiger partial charge in [-0.25, -0.2) is 5.43 Å². The van der Waals surface area contributed by atoms with Crippen molar-refractivity contribution < 1.29 is 14.3 Å². The molecule has 0 fully saturated rings. The number of nitrogens with one attached hydrogen (secondary N) is 2. The molecule has 3 aromatic rings. The lowest BCUT2D eigenvalue weighted by atomic mass is 10.1. The molecule has 3 aromatic carbocycles. The quantitative estimate of drug-likeness (QED) is 0.485. The maximum absolute atomic E-state index is 12.3. The van der Waals surface area contributed by atoms with Gasteiger partial charge in [0.2, 0.25) is 0 Å². The average Bonchev–Trinajstić information content (AvgIpc) is 2.73. The Bertz CT molecular complexity index is 1000. The number of ether oxygens (including phenoxy) is 2. The molecule has 0 aliphatic rings. The summed E-state index contributed by atoms with van der Waals surface area (Å²) in [7, 11) is 3.16. The van der Waals surface area contributed by atoms with Crippen LogP contribution in [-0.2, 0) is 4.79 Å². The molecule has 0 saturated carbocycles. The highest BCUT2D eigenvalue weighted by atomic mass is 16.5. The molecule has 3 rings (SSSR count). The second-order valence-electron chi connectivity index (χ2n) is 6.27. The van der Waals surface area contributed by atoms with Crippen molar-refractivity contribution in [3.63, 3.8) is 0 Å². The van der Waals surface area contributed by atoms with Crippen molar-refractivity contribution in [1.29, 1.82) is 0 Å². The minimum absolute atomic E-state index is 0.239. The number of nitrogens with zero attached hydrogens (tertiary/aromatic N) is 1. The normalized spacial score (nSPS) is 12.0. The zero-order chi connectivity index (χ0) is 19.9. The average molecular weight is 377 g/mol. The van der Waals surface area contributed by atoms with Crippen molar-refractivity contribution in [3.8, 4) is 11.5 Å². The number of fused-ring (bicyclic) bond motifs is 1. The Labute approximate surface area is 164 Å². The minimum Gasteiger partial charge on any atom is -0.497 e. The molecule has 0 aliphatic carbocycles. The number of rotatable bonds is 7. The van der Waals surface area contributed by atoms with Gasteiger partial charge in [-0.3, -0.25) is 4.79 Å². The largest absolute Gasteiger partial charge is 0.497 e. The number of amides is 1. The summed E-state index contributed by atoms with van der Waals surface area (Å²) >= 11 is 0. The molecule has 6 nitrogen and oxygen atoms in total. The van der Waals surface area contributed by atoms with Crippen molar-refractivity contribution in [2.24, 2.45) is 5.10 Å². The van der Waals surface area contributed by atoms with E-state index in [0.29, 0.717) is 11.5 Å². The standard InChI is InChI=1S/C22H23N3O3/c1-15(24-19-10-8-16-6-4-5-7-17(16)12-19)22(26)25-23-14-18-9-11-20(27-2)13-21(18)28-3/h4-15,24H,1-3H3,(H,25,26)/b23-14-/t15-/m1/s1. The molecule has 0 heterocycles. The van der Waals surface area contributed by atoms with Crippen LogP contribution >= 0.6 is 0 Å². The number of hydrogen-bond acceptors (Lipinski definition) is 5. The SMILES string of the molecule is COc1ccc(/C=N\NC(=O)[C@@H](C)Nc2ccc3ccccc3c2)c(OC)c1. The maximum atomic E-state index is 12.3. The van der Waals surface area contributed by atoms with Gasteiger partial charge in [-0.15, -0.1) is 0 Å². The fourth-order valence-corrected chi connectivity index (χ4v) is 2.78. The first-order valence-electron chi connectivity index (χ1n) is 8.91. The van der Waals surface area contributed by atoms with E-state index in [0.717, 1.165) is 22.0 Å². The Morgan fingerprint density at radius 1 is 1.00 bits per heavy atom. The van der Waals surface area contributed by atoms with Gasteiger partial charge in [-0.2, -0.15) is 5.10 Å². The van der Waals surface area contributed by atoms with E-state index < -0.39 is 6.04 Å². The highest BCUT2D eigenvalue weighted by Crippen LogP contribution is 2.23. The first-order valence-corrected chi connectivity index (χ1v) is 8.91. The molecule has 0 radical (unpaired) electrons. The maximum Gasteiger partial charge on any atom is 0.262 e. The van der Waals surface area contributed by atoms with Crippen LogP contribution in [0.4, 0.5) is 5.69 Å². The number of methoxy groups -OCH3 is 2. The lowest BCUT2D eigenvalue weighted by Gasteiger charge is -2.14. The van der Waals surface area contributed by atoms with Gasteiger partial charge in [0.25, 0.3) is 5.91 Å². The Hall–Kier alpha value is -3.54. The van der Waals surface area contributed by atoms with E-state index in [9.17, 15) is 4.79 Å². The third-order valence-electron chi connectivity index (χ3n) is 4.34. The van der Waals surface area contributed by atoms with Crippen molar-refractivity contribution in [3.05, 3.63) is 66.2 Å². The highest BCUT2D eigenvalue weighted by molar-refractivity contribution is 5.89. The van der Waals surface area contributed by atoms with Gasteiger partial charge >= 0.3 is 0 Å². The molecule has 144 valence electrons. The van der Waals surface area contributed by atoms with Gasteiger partial charge in [0, 0.05) is 17.3 Å². The summed E-state index contributed by atoms with van der Waals surface area (Å²) in [5.74, 6) is 1.06. The van der Waals surface area contributed by atoms with Gasteiger partial charge in [0.1, 0.15) is 17.5 Å². The summed E-state index contributed by atoms with van der Waals surface area (Å²) < 4.78 is 10.5. The van der Waals surface area contributed by atoms with Crippen molar-refractivity contribution >= 4 is 28.6 Å². The van der Waals surface area contributed by atoms with E-state index >= 15 is 0 Å². The second kappa shape index (κ2) is 8.90. The predicted octanol–water partition coefficient (Wildman–Crippen LogP) is 3.81. The second-order valence-corrected chi connectivity index (χ2v) is 6.27. The molecule has 2 N–H and O–H groups in total. The third kappa shape index (κ3) is 4.59. The summed E-state index contributed by atoms with van der Waals surface area (Å²) in [6.07, 6.45) is 1.54. The fourth-order valence-electron chi connectivity index (χ4n) is 2.78. The van der Waals surface area contributed by atoms with E-state index in [2.05, 4.69) is 21.9 Å². The van der Waals surface area contributed by atoms with E-state index in [-0.39, 0.29) is 5.91 Å². The topological polar surface area (TPSA) is 72.0 Å². The summed E-state index contributed by atoms with van der Waals surface area (Å²) in [6, 6.07) is 19.0. The number of hydrazone groups is 1. The van der Waals surface area contributed by atoms with Crippen molar-refractivity contribution in [1.82, 2.24) is 5.43 Å². The van der Waals surface area contributed by atoms with Gasteiger partial charge in [-0.1, -0.05) is 30.3 Å². The van der Waals surface area contributed by atoms with Crippen LogP contribution < -0.4 is 20.2 Å². The zero-order valence-electron chi connectivity index (χ0n) is 16.1. The van der Waals surface area contributed by atoms with Crippen LogP contribution in [0.2, 0.25) is 0 Å². The monoisotopic (exact) mass is 377 g/mol. The van der Waals surface area contributed by atoms with Crippen LogP contribution in [0.3, 0.4) is 0 Å². The van der Waals surface area contributed by atoms with Crippen LogP contribution in [0.25, 0.3) is 10.8 Å². The number of hydrogen-bond donors (Lipinski definition) is 2. The van der Waals surface area contributed by atoms with E-state index in [1.165, 1.54) is 0 Å². The molecule has 0 spiro atoms. The minimum atomic E-state index is -0.448. The molecule has 1 atom stereocenters. The molecular formula is C22H23N3O3. The van der Waals surface area contributed by atoms with E-state index in [1.807, 2.05) is 42.5 Å². The van der Waals surface area contributed by atoms with Crippen LogP contribution in [0.5, 0.6) is 11.5 Å². The number of carbonyl (C=O) groups excluding carboxylic acids is 1. The summed E-state index contributed by atoms with van der Waals surface area (Å²) in [4.78, 5) is 12.3. The molecular weight excluding hydrogens is 354 g/mol. The predicted molar refractivity (Wildman–Crippen MR) is 112 cm³/mol. The van der Waals surface area contributed by atoms with Crippen LogP contribution in [-0.4, -0.2) is 32.4 Å². The Morgan fingerprint density at radius 2 is 1.79 bits per heavy atom. The van der Waals surface area contributed by atoms with E-state index in [4.69, 9.17) is 9.47 Å². The van der Waals surface area contributed by atoms with Gasteiger partial charge in [0.05, 0.1) is 20.4 Å². The highest BCUT2D eigenvalue weighted by Gasteiger charge is 2.12. The molecule has 0 unspecified atom stereocenters. The third-order valence-corrected chi connectivity index (χ3v) is 4.34. The van der Waals surface area contributed by atoms with Crippen molar-refractivity contribution in [2.45, 2.75) is 13.0 Å². The molecule has 0 bridgehead atoms. The first kappa shape index (κ1) is 19.2. The molecule has 0 aliphatic heterocycles. The van der Waals surface area contributed by atoms with Crippen LogP contribution in [0, 0.1) is 0 Å². The lowest BCUT2D eigenvalue weighted by molar-refractivity contribution is -0.121. The summed E-state index contributed by atoms with van der Waals surface area (Å²) in [6.45, 7) is 1.79. The van der Waals surface area contributed by atoms with Crippen LogP contribution in [0.15, 0.2) is 65.8 Å². The molecule has 1 amide bonds. The number of carbonyl (C=O) groups is 1. The van der Waals surface area contributed by atoms with Crippen molar-refractivity contribution in [2.75, 3.05) is 19.5 Å². The molecule has 0 aromatic heterocycles. The molecule has 28 heavy (non-hydrogen) atoms. The van der Waals surface area contributed by atoms with Gasteiger partial charge in [0.15, 0.2) is 0 Å². The smallest absolute Gasteiger partial charge is 0.262 e.